The van der Waals surface area contributed by atoms with Crippen LogP contribution in [0.5, 0.6) is 0 Å². The number of aromatic amines is 1. The molecule has 1 aromatic heterocycles. The number of H-pyrrole nitrogens is 1. The third-order valence-corrected chi connectivity index (χ3v) is 2.15. The van der Waals surface area contributed by atoms with Gasteiger partial charge >= 0.3 is 0 Å². The van der Waals surface area contributed by atoms with Crippen LogP contribution in [-0.2, 0) is 0 Å². The Morgan fingerprint density at radius 2 is 2.42 bits per heavy atom. The molecule has 1 aliphatic rings. The molecule has 1 atom stereocenters. The van der Waals surface area contributed by atoms with E-state index < -0.39 is 6.10 Å². The number of rotatable bonds is 3. The Morgan fingerprint density at radius 3 is 3.00 bits per heavy atom. The normalized spacial score (nSPS) is 19.5. The first-order valence-corrected chi connectivity index (χ1v) is 4.15. The van der Waals surface area contributed by atoms with E-state index in [0.29, 0.717) is 11.6 Å². The Bertz CT molecular complexity index is 268. The molecule has 4 heteroatoms. The van der Waals surface area contributed by atoms with Crippen LogP contribution in [0.2, 0.25) is 0 Å². The summed E-state index contributed by atoms with van der Waals surface area (Å²) in [6.07, 6.45) is 1.57. The van der Waals surface area contributed by atoms with E-state index in [4.69, 9.17) is 5.11 Å². The highest BCUT2D eigenvalue weighted by Gasteiger charge is 2.26. The summed E-state index contributed by atoms with van der Waals surface area (Å²) in [5.74, 6) is 0.608. The van der Waals surface area contributed by atoms with E-state index >= 15 is 0 Å². The zero-order valence-corrected chi connectivity index (χ0v) is 6.70. The van der Waals surface area contributed by atoms with Crippen LogP contribution in [0, 0.1) is 0 Å². The molecule has 0 aliphatic heterocycles. The zero-order valence-electron chi connectivity index (χ0n) is 6.70. The lowest BCUT2D eigenvalue weighted by Gasteiger charge is -1.99. The van der Waals surface area contributed by atoms with E-state index in [9.17, 15) is 5.11 Å². The first-order chi connectivity index (χ1) is 5.81. The number of hydrogen-bond acceptors (Lipinski definition) is 3. The van der Waals surface area contributed by atoms with Crippen LogP contribution in [0.4, 0.5) is 0 Å². The molecule has 2 rings (SSSR count). The molecular weight excluding hydrogens is 156 g/mol. The van der Waals surface area contributed by atoms with E-state index in [2.05, 4.69) is 10.2 Å². The van der Waals surface area contributed by atoms with Crippen molar-refractivity contribution < 1.29 is 10.2 Å². The molecule has 4 nitrogen and oxygen atoms in total. The zero-order chi connectivity index (χ0) is 8.55. The van der Waals surface area contributed by atoms with Crippen molar-refractivity contribution >= 4 is 0 Å². The highest BCUT2D eigenvalue weighted by molar-refractivity contribution is 5.18. The van der Waals surface area contributed by atoms with Crippen molar-refractivity contribution in [1.29, 1.82) is 0 Å². The Labute approximate surface area is 70.2 Å². The third-order valence-electron chi connectivity index (χ3n) is 2.15. The molecule has 0 radical (unpaired) electrons. The summed E-state index contributed by atoms with van der Waals surface area (Å²) in [6.45, 7) is -0.269. The lowest BCUT2D eigenvalue weighted by molar-refractivity contribution is 0.0922. The van der Waals surface area contributed by atoms with Crippen molar-refractivity contribution in [3.05, 3.63) is 17.5 Å². The minimum Gasteiger partial charge on any atom is -0.393 e. The van der Waals surface area contributed by atoms with Gasteiger partial charge in [0.2, 0.25) is 0 Å². The Hall–Kier alpha value is -0.870. The molecule has 1 saturated carbocycles. The maximum atomic E-state index is 9.21. The van der Waals surface area contributed by atoms with Crippen LogP contribution in [0.3, 0.4) is 0 Å². The van der Waals surface area contributed by atoms with Crippen molar-refractivity contribution in [2.24, 2.45) is 0 Å². The highest BCUT2D eigenvalue weighted by atomic mass is 16.3. The van der Waals surface area contributed by atoms with Gasteiger partial charge in [0.05, 0.1) is 12.3 Å². The maximum Gasteiger partial charge on any atom is 0.121 e. The quantitative estimate of drug-likeness (QED) is 0.608. The second-order valence-corrected chi connectivity index (χ2v) is 3.22. The van der Waals surface area contributed by atoms with Gasteiger partial charge in [0.15, 0.2) is 0 Å². The summed E-state index contributed by atoms with van der Waals surface area (Å²) >= 11 is 0. The van der Waals surface area contributed by atoms with Crippen LogP contribution in [0.15, 0.2) is 6.07 Å². The Kier molecular flexibility index (Phi) is 1.86. The molecule has 1 aromatic rings. The van der Waals surface area contributed by atoms with E-state index in [1.165, 1.54) is 12.8 Å². The van der Waals surface area contributed by atoms with Gasteiger partial charge in [0, 0.05) is 11.6 Å². The molecule has 0 saturated heterocycles. The maximum absolute atomic E-state index is 9.21. The topological polar surface area (TPSA) is 69.1 Å². The molecule has 1 fully saturated rings. The van der Waals surface area contributed by atoms with Gasteiger partial charge in [-0.15, -0.1) is 0 Å². The van der Waals surface area contributed by atoms with Crippen molar-refractivity contribution in [2.75, 3.05) is 6.61 Å². The van der Waals surface area contributed by atoms with E-state index in [-0.39, 0.29) is 6.61 Å². The van der Waals surface area contributed by atoms with Crippen LogP contribution in [0.1, 0.15) is 36.3 Å². The fraction of sp³-hybridized carbons (Fsp3) is 0.625. The largest absolute Gasteiger partial charge is 0.393 e. The molecule has 0 aromatic carbocycles. The van der Waals surface area contributed by atoms with Crippen molar-refractivity contribution in [3.63, 3.8) is 0 Å². The van der Waals surface area contributed by atoms with Gasteiger partial charge in [-0.2, -0.15) is 5.10 Å². The van der Waals surface area contributed by atoms with E-state index in [1.54, 1.807) is 0 Å². The number of aromatic nitrogens is 2. The number of hydrogen-bond donors (Lipinski definition) is 3. The van der Waals surface area contributed by atoms with Crippen LogP contribution < -0.4 is 0 Å². The van der Waals surface area contributed by atoms with Crippen LogP contribution in [0.25, 0.3) is 0 Å². The van der Waals surface area contributed by atoms with E-state index in [0.717, 1.165) is 5.69 Å². The first-order valence-electron chi connectivity index (χ1n) is 4.15. The van der Waals surface area contributed by atoms with Gasteiger partial charge in [0.1, 0.15) is 6.10 Å². The summed E-state index contributed by atoms with van der Waals surface area (Å²) < 4.78 is 0. The Morgan fingerprint density at radius 1 is 1.67 bits per heavy atom. The highest BCUT2D eigenvalue weighted by Crippen LogP contribution is 2.39. The number of aliphatic hydroxyl groups excluding tert-OH is 2. The summed E-state index contributed by atoms with van der Waals surface area (Å²) in [5, 5.41) is 24.6. The molecule has 12 heavy (non-hydrogen) atoms. The summed E-state index contributed by atoms with van der Waals surface area (Å²) in [5.41, 5.74) is 1.62. The van der Waals surface area contributed by atoms with Crippen molar-refractivity contribution in [1.82, 2.24) is 10.2 Å². The predicted molar refractivity (Wildman–Crippen MR) is 42.6 cm³/mol. The van der Waals surface area contributed by atoms with Gasteiger partial charge < -0.3 is 10.2 Å². The lowest BCUT2D eigenvalue weighted by atomic mass is 10.2. The first kappa shape index (κ1) is 7.76. The van der Waals surface area contributed by atoms with Gasteiger partial charge in [-0.1, -0.05) is 0 Å². The molecular formula is C8H12N2O2. The molecule has 66 valence electrons. The smallest absolute Gasteiger partial charge is 0.121 e. The van der Waals surface area contributed by atoms with Crippen molar-refractivity contribution in [2.45, 2.75) is 24.9 Å². The fourth-order valence-electron chi connectivity index (χ4n) is 1.22. The lowest BCUT2D eigenvalue weighted by Crippen LogP contribution is -2.02. The molecule has 0 amide bonds. The second-order valence-electron chi connectivity index (χ2n) is 3.22. The Balaban J connectivity index is 2.12. The fourth-order valence-corrected chi connectivity index (χ4v) is 1.22. The molecule has 1 heterocycles. The van der Waals surface area contributed by atoms with Gasteiger partial charge in [0.25, 0.3) is 0 Å². The average Bonchev–Trinajstić information content (AvgIpc) is 2.83. The number of nitrogens with zero attached hydrogens (tertiary/aromatic N) is 1. The monoisotopic (exact) mass is 168 g/mol. The van der Waals surface area contributed by atoms with Gasteiger partial charge in [-0.25, -0.2) is 0 Å². The molecule has 3 N–H and O–H groups in total. The van der Waals surface area contributed by atoms with Gasteiger partial charge in [-0.05, 0) is 18.9 Å². The predicted octanol–water partition coefficient (Wildman–Crippen LogP) is 0.313. The average molecular weight is 168 g/mol. The SMILES string of the molecule is OCC(O)c1cc(C2CC2)[nH]n1. The summed E-state index contributed by atoms with van der Waals surface area (Å²) in [4.78, 5) is 0. The van der Waals surface area contributed by atoms with Gasteiger partial charge in [-0.3, -0.25) is 5.10 Å². The third kappa shape index (κ3) is 1.35. The molecule has 0 bridgehead atoms. The molecule has 0 spiro atoms. The minimum atomic E-state index is -0.839. The molecule has 1 aliphatic carbocycles. The van der Waals surface area contributed by atoms with E-state index in [1.807, 2.05) is 6.07 Å². The summed E-state index contributed by atoms with van der Waals surface area (Å²) in [6, 6.07) is 1.83. The molecule has 1 unspecified atom stereocenters. The number of nitrogens with one attached hydrogen (secondary N) is 1. The minimum absolute atomic E-state index is 0.269. The van der Waals surface area contributed by atoms with Crippen LogP contribution >= 0.6 is 0 Å². The number of aliphatic hydroxyl groups is 2. The van der Waals surface area contributed by atoms with Crippen LogP contribution in [-0.4, -0.2) is 27.0 Å². The summed E-state index contributed by atoms with van der Waals surface area (Å²) in [7, 11) is 0. The standard InChI is InChI=1S/C8H12N2O2/c11-4-8(12)7-3-6(9-10-7)5-1-2-5/h3,5,8,11-12H,1-2,4H2,(H,9,10). The van der Waals surface area contributed by atoms with Crippen molar-refractivity contribution in [3.8, 4) is 0 Å². The second kappa shape index (κ2) is 2.88.